The van der Waals surface area contributed by atoms with Crippen LogP contribution in [0.5, 0.6) is 5.75 Å². The Balaban J connectivity index is 1.71. The van der Waals surface area contributed by atoms with E-state index in [1.807, 2.05) is 22.9 Å². The standard InChI is InChI=1S/C31H34N2O5/c1-31(2,3)18-22-14-21-15-29(38-13-7-12-37-4)27(32-11-10-20-8-5-6-9-25(20)32)16-23(21)26-17-28(34)24(30(35)36)19-33(22)26/h5-6,8-11,15-17,19,22H,7,12-14,18H2,1-4H3,(H,35,36). The quantitative estimate of drug-likeness (QED) is 0.287. The maximum atomic E-state index is 12.9. The van der Waals surface area contributed by atoms with Gasteiger partial charge in [0.2, 0.25) is 0 Å². The van der Waals surface area contributed by atoms with Gasteiger partial charge in [-0.3, -0.25) is 4.79 Å². The molecule has 1 aliphatic rings. The van der Waals surface area contributed by atoms with E-state index >= 15 is 0 Å². The number of hydrogen-bond acceptors (Lipinski definition) is 4. The zero-order valence-electron chi connectivity index (χ0n) is 22.4. The van der Waals surface area contributed by atoms with Gasteiger partial charge in [0.15, 0.2) is 5.43 Å². The van der Waals surface area contributed by atoms with Crippen LogP contribution < -0.4 is 10.2 Å². The van der Waals surface area contributed by atoms with E-state index in [1.165, 1.54) is 12.3 Å². The van der Waals surface area contributed by atoms with Gasteiger partial charge >= 0.3 is 5.97 Å². The molecule has 0 amide bonds. The highest BCUT2D eigenvalue weighted by Gasteiger charge is 2.30. The maximum absolute atomic E-state index is 12.9. The van der Waals surface area contributed by atoms with Crippen molar-refractivity contribution in [2.24, 2.45) is 5.41 Å². The van der Waals surface area contributed by atoms with Gasteiger partial charge < -0.3 is 23.7 Å². The monoisotopic (exact) mass is 514 g/mol. The van der Waals surface area contributed by atoms with Crippen LogP contribution in [0.3, 0.4) is 0 Å². The number of carbonyl (C=O) groups is 1. The molecule has 38 heavy (non-hydrogen) atoms. The number of nitrogens with zero attached hydrogens (tertiary/aromatic N) is 2. The van der Waals surface area contributed by atoms with E-state index in [9.17, 15) is 14.7 Å². The summed E-state index contributed by atoms with van der Waals surface area (Å²) in [6.45, 7) is 7.65. The van der Waals surface area contributed by atoms with Crippen LogP contribution in [0.1, 0.15) is 55.6 Å². The smallest absolute Gasteiger partial charge is 0.341 e. The Morgan fingerprint density at radius 3 is 2.63 bits per heavy atom. The highest BCUT2D eigenvalue weighted by molar-refractivity contribution is 5.88. The number of para-hydroxylation sites is 1. The fourth-order valence-electron chi connectivity index (χ4n) is 5.46. The average Bonchev–Trinajstić information content (AvgIpc) is 3.29. The van der Waals surface area contributed by atoms with Crippen LogP contribution >= 0.6 is 0 Å². The Morgan fingerprint density at radius 1 is 1.11 bits per heavy atom. The second kappa shape index (κ2) is 10.1. The van der Waals surface area contributed by atoms with Crippen LogP contribution in [0, 0.1) is 5.41 Å². The molecule has 0 aliphatic carbocycles. The zero-order valence-corrected chi connectivity index (χ0v) is 22.4. The van der Waals surface area contributed by atoms with Crippen LogP contribution in [-0.2, 0) is 11.2 Å². The van der Waals surface area contributed by atoms with Gasteiger partial charge in [-0.25, -0.2) is 4.79 Å². The summed E-state index contributed by atoms with van der Waals surface area (Å²) in [5.41, 5.74) is 3.98. The number of hydrogen-bond donors (Lipinski definition) is 1. The minimum Gasteiger partial charge on any atom is -0.491 e. The van der Waals surface area contributed by atoms with Gasteiger partial charge in [0.25, 0.3) is 0 Å². The second-order valence-corrected chi connectivity index (χ2v) is 11.2. The Morgan fingerprint density at radius 2 is 1.89 bits per heavy atom. The minimum atomic E-state index is -1.20. The third-order valence-electron chi connectivity index (χ3n) is 7.08. The molecule has 1 aliphatic heterocycles. The van der Waals surface area contributed by atoms with E-state index in [2.05, 4.69) is 55.7 Å². The molecule has 5 rings (SSSR count). The molecule has 0 bridgehead atoms. The van der Waals surface area contributed by atoms with Crippen molar-refractivity contribution in [3.63, 3.8) is 0 Å². The Kier molecular flexibility index (Phi) is 6.88. The molecule has 1 N–H and O–H groups in total. The number of fused-ring (bicyclic) bond motifs is 4. The maximum Gasteiger partial charge on any atom is 0.341 e. The van der Waals surface area contributed by atoms with Gasteiger partial charge in [0, 0.05) is 50.2 Å². The highest BCUT2D eigenvalue weighted by atomic mass is 16.5. The van der Waals surface area contributed by atoms with Gasteiger partial charge in [-0.05, 0) is 53.5 Å². The first-order valence-electron chi connectivity index (χ1n) is 13.0. The minimum absolute atomic E-state index is 0.00937. The van der Waals surface area contributed by atoms with E-state index in [-0.39, 0.29) is 17.0 Å². The number of aromatic nitrogens is 2. The van der Waals surface area contributed by atoms with Crippen LogP contribution in [0.15, 0.2) is 65.7 Å². The summed E-state index contributed by atoms with van der Waals surface area (Å²) in [7, 11) is 1.68. The lowest BCUT2D eigenvalue weighted by molar-refractivity contribution is 0.0694. The molecule has 1 atom stereocenters. The number of carboxylic acid groups (broad SMARTS) is 1. The predicted octanol–water partition coefficient (Wildman–Crippen LogP) is 6.11. The summed E-state index contributed by atoms with van der Waals surface area (Å²) in [4.78, 5) is 24.7. The van der Waals surface area contributed by atoms with Gasteiger partial charge in [-0.1, -0.05) is 39.0 Å². The fourth-order valence-corrected chi connectivity index (χ4v) is 5.46. The van der Waals surface area contributed by atoms with Crippen molar-refractivity contribution in [1.82, 2.24) is 9.13 Å². The van der Waals surface area contributed by atoms with Crippen molar-refractivity contribution in [2.75, 3.05) is 20.3 Å². The first-order chi connectivity index (χ1) is 18.2. The van der Waals surface area contributed by atoms with E-state index in [0.29, 0.717) is 19.6 Å². The van der Waals surface area contributed by atoms with Crippen molar-refractivity contribution in [1.29, 1.82) is 0 Å². The number of rotatable bonds is 8. The third kappa shape index (κ3) is 4.98. The molecule has 7 nitrogen and oxygen atoms in total. The van der Waals surface area contributed by atoms with Gasteiger partial charge in [-0.2, -0.15) is 0 Å². The van der Waals surface area contributed by atoms with Crippen LogP contribution in [0.4, 0.5) is 0 Å². The van der Waals surface area contributed by atoms with Gasteiger partial charge in [0.1, 0.15) is 11.3 Å². The van der Waals surface area contributed by atoms with Crippen molar-refractivity contribution in [3.8, 4) is 22.7 Å². The average molecular weight is 515 g/mol. The fraction of sp³-hybridized carbons (Fsp3) is 0.355. The normalized spacial score (nSPS) is 14.8. The number of aromatic carboxylic acids is 1. The number of methoxy groups -OCH3 is 1. The molecule has 0 spiro atoms. The van der Waals surface area contributed by atoms with Gasteiger partial charge in [-0.15, -0.1) is 0 Å². The molecule has 0 saturated heterocycles. The van der Waals surface area contributed by atoms with Crippen molar-refractivity contribution < 1.29 is 19.4 Å². The van der Waals surface area contributed by atoms with Crippen LogP contribution in [0.2, 0.25) is 0 Å². The lowest BCUT2D eigenvalue weighted by Crippen LogP contribution is -2.28. The van der Waals surface area contributed by atoms with Gasteiger partial charge in [0.05, 0.1) is 23.5 Å². The molecular weight excluding hydrogens is 480 g/mol. The van der Waals surface area contributed by atoms with E-state index in [4.69, 9.17) is 9.47 Å². The summed E-state index contributed by atoms with van der Waals surface area (Å²) in [6, 6.07) is 15.9. The molecule has 0 radical (unpaired) electrons. The molecule has 1 unspecified atom stereocenters. The SMILES string of the molecule is COCCCOc1cc2c(cc1-n1ccc3ccccc31)-c1cc(=O)c(C(=O)O)cn1C(CC(C)(C)C)C2. The lowest BCUT2D eigenvalue weighted by Gasteiger charge is -2.35. The third-order valence-corrected chi connectivity index (χ3v) is 7.08. The summed E-state index contributed by atoms with van der Waals surface area (Å²) in [5, 5.41) is 10.8. The first-order valence-corrected chi connectivity index (χ1v) is 13.0. The molecule has 3 heterocycles. The molecule has 2 aromatic heterocycles. The topological polar surface area (TPSA) is 82.7 Å². The van der Waals surface area contributed by atoms with Crippen molar-refractivity contribution in [3.05, 3.63) is 82.3 Å². The molecule has 7 heteroatoms. The summed E-state index contributed by atoms with van der Waals surface area (Å²) in [6.07, 6.45) is 5.86. The van der Waals surface area contributed by atoms with Crippen LogP contribution in [0.25, 0.3) is 27.8 Å². The number of carboxylic acids is 1. The number of ether oxygens (including phenoxy) is 2. The summed E-state index contributed by atoms with van der Waals surface area (Å²) < 4.78 is 15.6. The predicted molar refractivity (Wildman–Crippen MR) is 149 cm³/mol. The second-order valence-electron chi connectivity index (χ2n) is 11.2. The van der Waals surface area contributed by atoms with Crippen molar-refractivity contribution >= 4 is 16.9 Å². The Bertz CT molecular complexity index is 1560. The van der Waals surface area contributed by atoms with E-state index < -0.39 is 11.4 Å². The Hall–Kier alpha value is -3.84. The van der Waals surface area contributed by atoms with E-state index in [1.54, 1.807) is 7.11 Å². The molecule has 198 valence electrons. The largest absolute Gasteiger partial charge is 0.491 e. The molecule has 2 aromatic carbocycles. The Labute approximate surface area is 222 Å². The number of benzene rings is 2. The highest BCUT2D eigenvalue weighted by Crippen LogP contribution is 2.43. The molecule has 0 fully saturated rings. The summed E-state index contributed by atoms with van der Waals surface area (Å²) >= 11 is 0. The molecular formula is C31H34N2O5. The molecule has 4 aromatic rings. The zero-order chi connectivity index (χ0) is 27.0. The lowest BCUT2D eigenvalue weighted by atomic mass is 9.82. The number of pyridine rings is 1. The van der Waals surface area contributed by atoms with E-state index in [0.717, 1.165) is 52.0 Å². The summed E-state index contributed by atoms with van der Waals surface area (Å²) in [5.74, 6) is -0.432. The van der Waals surface area contributed by atoms with Crippen LogP contribution in [-0.4, -0.2) is 40.5 Å². The first kappa shape index (κ1) is 25.8. The van der Waals surface area contributed by atoms with Crippen molar-refractivity contribution in [2.45, 2.75) is 46.1 Å². The molecule has 0 saturated carbocycles.